The van der Waals surface area contributed by atoms with Crippen molar-refractivity contribution < 1.29 is 4.79 Å². The van der Waals surface area contributed by atoms with Crippen molar-refractivity contribution in [1.82, 2.24) is 0 Å². The first-order valence-corrected chi connectivity index (χ1v) is 8.35. The first-order valence-electron chi connectivity index (χ1n) is 5.78. The Morgan fingerprint density at radius 1 is 1.15 bits per heavy atom. The fourth-order valence-corrected chi connectivity index (χ4v) is 3.26. The number of halogens is 2. The van der Waals surface area contributed by atoms with Gasteiger partial charge in [0, 0.05) is 25.2 Å². The zero-order valence-electron chi connectivity index (χ0n) is 10.4. The van der Waals surface area contributed by atoms with Gasteiger partial charge in [-0.25, -0.2) is 0 Å². The average Bonchev–Trinajstić information content (AvgIpc) is 2.40. The monoisotopic (exact) mass is 414 g/mol. The largest absolute Gasteiger partial charge is 0.398 e. The molecule has 2 rings (SSSR count). The second kappa shape index (κ2) is 7.15. The first-order chi connectivity index (χ1) is 9.54. The van der Waals surface area contributed by atoms with Gasteiger partial charge in [-0.05, 0) is 36.4 Å². The molecule has 0 bridgehead atoms. The summed E-state index contributed by atoms with van der Waals surface area (Å²) >= 11 is 8.17. The van der Waals surface area contributed by atoms with Gasteiger partial charge in [0.1, 0.15) is 0 Å². The van der Waals surface area contributed by atoms with Crippen molar-refractivity contribution in [2.75, 3.05) is 16.8 Å². The van der Waals surface area contributed by atoms with Gasteiger partial charge in [0.05, 0.1) is 5.75 Å². The molecule has 0 saturated heterocycles. The van der Waals surface area contributed by atoms with Crippen LogP contribution in [0.1, 0.15) is 0 Å². The van der Waals surface area contributed by atoms with Crippen molar-refractivity contribution in [2.24, 2.45) is 0 Å². The van der Waals surface area contributed by atoms with Crippen LogP contribution in [0, 0.1) is 0 Å². The molecule has 0 aliphatic carbocycles. The van der Waals surface area contributed by atoms with E-state index in [0.29, 0.717) is 11.4 Å². The van der Waals surface area contributed by atoms with Gasteiger partial charge < -0.3 is 11.1 Å². The molecule has 0 aromatic heterocycles. The maximum atomic E-state index is 11.9. The van der Waals surface area contributed by atoms with Crippen LogP contribution in [0.5, 0.6) is 0 Å². The van der Waals surface area contributed by atoms with Gasteiger partial charge in [0.25, 0.3) is 0 Å². The van der Waals surface area contributed by atoms with Crippen LogP contribution in [0.2, 0.25) is 0 Å². The van der Waals surface area contributed by atoms with Gasteiger partial charge in [-0.15, -0.1) is 11.8 Å². The molecule has 104 valence electrons. The Morgan fingerprint density at radius 3 is 2.65 bits per heavy atom. The highest BCUT2D eigenvalue weighted by atomic mass is 79.9. The predicted molar refractivity (Wildman–Crippen MR) is 92.1 cm³/mol. The number of nitrogens with one attached hydrogen (secondary N) is 1. The standard InChI is InChI=1S/C14H12Br2N2OS/c15-9-2-1-3-11(6-9)18-14(19)8-20-13-7-10(16)4-5-12(13)17/h1-7H,8,17H2,(H,18,19). The van der Waals surface area contributed by atoms with Gasteiger partial charge in [-0.2, -0.15) is 0 Å². The van der Waals surface area contributed by atoms with Crippen LogP contribution in [0.15, 0.2) is 56.3 Å². The Kier molecular flexibility index (Phi) is 5.51. The molecule has 2 aromatic carbocycles. The van der Waals surface area contributed by atoms with E-state index in [9.17, 15) is 4.79 Å². The predicted octanol–water partition coefficient (Wildman–Crippen LogP) is 4.52. The summed E-state index contributed by atoms with van der Waals surface area (Å²) in [5, 5.41) is 2.84. The molecular formula is C14H12Br2N2OS. The molecule has 0 radical (unpaired) electrons. The number of hydrogen-bond donors (Lipinski definition) is 2. The van der Waals surface area contributed by atoms with Crippen LogP contribution in [-0.4, -0.2) is 11.7 Å². The third-order valence-corrected chi connectivity index (χ3v) is 4.50. The van der Waals surface area contributed by atoms with Crippen molar-refractivity contribution in [3.63, 3.8) is 0 Å². The minimum Gasteiger partial charge on any atom is -0.398 e. The number of thioether (sulfide) groups is 1. The Labute approximate surface area is 138 Å². The summed E-state index contributed by atoms with van der Waals surface area (Å²) < 4.78 is 1.88. The molecule has 1 amide bonds. The molecule has 0 saturated carbocycles. The molecule has 0 atom stereocenters. The second-order valence-electron chi connectivity index (χ2n) is 4.03. The van der Waals surface area contributed by atoms with E-state index in [0.717, 1.165) is 19.5 Å². The Morgan fingerprint density at radius 2 is 1.90 bits per heavy atom. The third kappa shape index (κ3) is 4.54. The number of carbonyl (C=O) groups excluding carboxylic acids is 1. The molecule has 0 aliphatic rings. The van der Waals surface area contributed by atoms with Crippen LogP contribution < -0.4 is 11.1 Å². The maximum Gasteiger partial charge on any atom is 0.234 e. The Bertz CT molecular complexity index is 634. The number of hydrogen-bond acceptors (Lipinski definition) is 3. The summed E-state index contributed by atoms with van der Waals surface area (Å²) in [6, 6.07) is 13.1. The van der Waals surface area contributed by atoms with Crippen LogP contribution >= 0.6 is 43.6 Å². The fraction of sp³-hybridized carbons (Fsp3) is 0.0714. The van der Waals surface area contributed by atoms with E-state index in [-0.39, 0.29) is 5.91 Å². The highest BCUT2D eigenvalue weighted by molar-refractivity contribution is 9.10. The van der Waals surface area contributed by atoms with E-state index < -0.39 is 0 Å². The molecule has 3 nitrogen and oxygen atoms in total. The maximum absolute atomic E-state index is 11.9. The SMILES string of the molecule is Nc1ccc(Br)cc1SCC(=O)Nc1cccc(Br)c1. The highest BCUT2D eigenvalue weighted by Gasteiger charge is 2.06. The zero-order valence-corrected chi connectivity index (χ0v) is 14.4. The fourth-order valence-electron chi connectivity index (χ4n) is 1.54. The molecule has 0 aliphatic heterocycles. The van der Waals surface area contributed by atoms with Crippen molar-refractivity contribution >= 4 is 60.9 Å². The zero-order chi connectivity index (χ0) is 14.5. The van der Waals surface area contributed by atoms with Crippen molar-refractivity contribution in [2.45, 2.75) is 4.90 Å². The van der Waals surface area contributed by atoms with E-state index in [1.165, 1.54) is 11.8 Å². The van der Waals surface area contributed by atoms with Crippen molar-refractivity contribution in [3.8, 4) is 0 Å². The lowest BCUT2D eigenvalue weighted by Gasteiger charge is -2.07. The quantitative estimate of drug-likeness (QED) is 0.569. The molecule has 20 heavy (non-hydrogen) atoms. The van der Waals surface area contributed by atoms with E-state index in [1.807, 2.05) is 42.5 Å². The molecule has 0 unspecified atom stereocenters. The summed E-state index contributed by atoms with van der Waals surface area (Å²) in [6.07, 6.45) is 0. The minimum atomic E-state index is -0.0625. The van der Waals surface area contributed by atoms with Gasteiger partial charge in [-0.1, -0.05) is 37.9 Å². The number of nitrogen functional groups attached to an aromatic ring is 1. The lowest BCUT2D eigenvalue weighted by molar-refractivity contribution is -0.113. The number of nitrogens with two attached hydrogens (primary N) is 1. The van der Waals surface area contributed by atoms with Crippen LogP contribution in [0.3, 0.4) is 0 Å². The molecular weight excluding hydrogens is 404 g/mol. The lowest BCUT2D eigenvalue weighted by Crippen LogP contribution is -2.14. The number of amides is 1. The molecule has 0 spiro atoms. The third-order valence-electron chi connectivity index (χ3n) is 2.44. The lowest BCUT2D eigenvalue weighted by atomic mass is 10.3. The summed E-state index contributed by atoms with van der Waals surface area (Å²) in [5.41, 5.74) is 7.31. The Balaban J connectivity index is 1.94. The van der Waals surface area contributed by atoms with E-state index in [1.54, 1.807) is 0 Å². The summed E-state index contributed by atoms with van der Waals surface area (Å²) in [5.74, 6) is 0.250. The van der Waals surface area contributed by atoms with E-state index in [4.69, 9.17) is 5.73 Å². The first kappa shape index (κ1) is 15.4. The normalized spacial score (nSPS) is 10.3. The average molecular weight is 416 g/mol. The Hall–Kier alpha value is -0.980. The molecule has 3 N–H and O–H groups in total. The molecule has 6 heteroatoms. The summed E-state index contributed by atoms with van der Waals surface area (Å²) in [6.45, 7) is 0. The van der Waals surface area contributed by atoms with Gasteiger partial charge in [0.2, 0.25) is 5.91 Å². The summed E-state index contributed by atoms with van der Waals surface area (Å²) in [4.78, 5) is 12.8. The summed E-state index contributed by atoms with van der Waals surface area (Å²) in [7, 11) is 0. The van der Waals surface area contributed by atoms with Crippen LogP contribution in [0.25, 0.3) is 0 Å². The van der Waals surface area contributed by atoms with Crippen molar-refractivity contribution in [1.29, 1.82) is 0 Å². The van der Waals surface area contributed by atoms with Crippen LogP contribution in [0.4, 0.5) is 11.4 Å². The topological polar surface area (TPSA) is 55.1 Å². The van der Waals surface area contributed by atoms with Gasteiger partial charge in [-0.3, -0.25) is 4.79 Å². The highest BCUT2D eigenvalue weighted by Crippen LogP contribution is 2.28. The molecule has 2 aromatic rings. The van der Waals surface area contributed by atoms with Gasteiger partial charge >= 0.3 is 0 Å². The minimum absolute atomic E-state index is 0.0625. The second-order valence-corrected chi connectivity index (χ2v) is 6.88. The van der Waals surface area contributed by atoms with E-state index >= 15 is 0 Å². The molecule has 0 heterocycles. The molecule has 0 fully saturated rings. The van der Waals surface area contributed by atoms with Crippen LogP contribution in [-0.2, 0) is 4.79 Å². The number of benzene rings is 2. The van der Waals surface area contributed by atoms with Crippen molar-refractivity contribution in [3.05, 3.63) is 51.4 Å². The smallest absolute Gasteiger partial charge is 0.234 e. The number of anilines is 2. The van der Waals surface area contributed by atoms with Gasteiger partial charge in [0.15, 0.2) is 0 Å². The van der Waals surface area contributed by atoms with E-state index in [2.05, 4.69) is 37.2 Å². The number of rotatable bonds is 4. The number of carbonyl (C=O) groups is 1.